The highest BCUT2D eigenvalue weighted by Gasteiger charge is 2.38. The minimum Gasteiger partial charge on any atom is -0.389 e. The van der Waals surface area contributed by atoms with Crippen LogP contribution in [0.5, 0.6) is 0 Å². The van der Waals surface area contributed by atoms with Gasteiger partial charge in [0.25, 0.3) is 0 Å². The Balaban J connectivity index is 1.98. The lowest BCUT2D eigenvalue weighted by atomic mass is 9.80. The maximum atomic E-state index is 13.9. The van der Waals surface area contributed by atoms with Crippen molar-refractivity contribution in [2.45, 2.75) is 31.9 Å². The Morgan fingerprint density at radius 2 is 2.29 bits per heavy atom. The fourth-order valence-electron chi connectivity index (χ4n) is 2.95. The van der Waals surface area contributed by atoms with Gasteiger partial charge in [-0.15, -0.1) is 0 Å². The molecule has 118 valence electrons. The molecule has 0 spiro atoms. The van der Waals surface area contributed by atoms with Gasteiger partial charge < -0.3 is 9.84 Å². The van der Waals surface area contributed by atoms with Crippen LogP contribution in [-0.2, 0) is 11.3 Å². The van der Waals surface area contributed by atoms with E-state index in [0.29, 0.717) is 31.6 Å². The van der Waals surface area contributed by atoms with E-state index in [2.05, 4.69) is 4.90 Å². The molecular weight excluding hydrogens is 293 g/mol. The first-order valence-corrected chi connectivity index (χ1v) is 7.70. The van der Waals surface area contributed by atoms with Gasteiger partial charge in [0.1, 0.15) is 5.82 Å². The number of halogens is 2. The third-order valence-electron chi connectivity index (χ3n) is 4.47. The highest BCUT2D eigenvalue weighted by molar-refractivity contribution is 6.30. The number of piperidine rings is 1. The summed E-state index contributed by atoms with van der Waals surface area (Å²) in [6.07, 6.45) is 1.32. The number of ether oxygens (including phenoxy) is 1. The summed E-state index contributed by atoms with van der Waals surface area (Å²) in [4.78, 5) is 2.17. The lowest BCUT2D eigenvalue weighted by Crippen LogP contribution is -2.51. The first kappa shape index (κ1) is 16.7. The average Bonchev–Trinajstić information content (AvgIpc) is 2.46. The van der Waals surface area contributed by atoms with E-state index in [4.69, 9.17) is 16.3 Å². The van der Waals surface area contributed by atoms with Gasteiger partial charge in [0.05, 0.1) is 10.6 Å². The van der Waals surface area contributed by atoms with Crippen molar-refractivity contribution < 1.29 is 14.2 Å². The molecule has 3 nitrogen and oxygen atoms in total. The standard InChI is InChI=1S/C16H23ClFNO2/c1-12-10-19(8-6-16(12,20)7-9-21-2)11-13-4-3-5-14(17)15(13)18/h3-5,12,20H,6-11H2,1-2H3/t12-,16-/m0/s1. The molecule has 2 atom stereocenters. The zero-order chi connectivity index (χ0) is 15.5. The van der Waals surface area contributed by atoms with Crippen LogP contribution in [0.2, 0.25) is 5.02 Å². The molecule has 1 N–H and O–H groups in total. The predicted molar refractivity (Wildman–Crippen MR) is 81.9 cm³/mol. The van der Waals surface area contributed by atoms with Crippen molar-refractivity contribution in [3.05, 3.63) is 34.6 Å². The third kappa shape index (κ3) is 3.95. The lowest BCUT2D eigenvalue weighted by Gasteiger charge is -2.43. The van der Waals surface area contributed by atoms with E-state index in [1.807, 2.05) is 6.92 Å². The van der Waals surface area contributed by atoms with Crippen molar-refractivity contribution in [2.24, 2.45) is 5.92 Å². The first-order valence-electron chi connectivity index (χ1n) is 7.33. The number of rotatable bonds is 5. The molecular formula is C16H23ClFNO2. The Bertz CT molecular complexity index is 485. The number of likely N-dealkylation sites (tertiary alicyclic amines) is 1. The van der Waals surface area contributed by atoms with Crippen molar-refractivity contribution >= 4 is 11.6 Å². The van der Waals surface area contributed by atoms with Crippen molar-refractivity contribution in [3.63, 3.8) is 0 Å². The Kier molecular flexibility index (Phi) is 5.60. The largest absolute Gasteiger partial charge is 0.389 e. The zero-order valence-corrected chi connectivity index (χ0v) is 13.4. The maximum Gasteiger partial charge on any atom is 0.146 e. The Morgan fingerprint density at radius 1 is 1.52 bits per heavy atom. The summed E-state index contributed by atoms with van der Waals surface area (Å²) in [5, 5.41) is 10.8. The fraction of sp³-hybridized carbons (Fsp3) is 0.625. The van der Waals surface area contributed by atoms with Crippen LogP contribution in [0.4, 0.5) is 4.39 Å². The van der Waals surface area contributed by atoms with E-state index in [-0.39, 0.29) is 16.8 Å². The van der Waals surface area contributed by atoms with Gasteiger partial charge in [-0.05, 0) is 24.8 Å². The van der Waals surface area contributed by atoms with Gasteiger partial charge >= 0.3 is 0 Å². The second kappa shape index (κ2) is 7.05. The summed E-state index contributed by atoms with van der Waals surface area (Å²) in [5.74, 6) is -0.212. The first-order chi connectivity index (χ1) is 9.96. The van der Waals surface area contributed by atoms with Gasteiger partial charge in [-0.2, -0.15) is 0 Å². The minimum atomic E-state index is -0.681. The molecule has 0 unspecified atom stereocenters. The van der Waals surface area contributed by atoms with Gasteiger partial charge in [-0.25, -0.2) is 4.39 Å². The molecule has 0 radical (unpaired) electrons. The summed E-state index contributed by atoms with van der Waals surface area (Å²) in [6.45, 7) is 4.61. The van der Waals surface area contributed by atoms with Crippen LogP contribution < -0.4 is 0 Å². The summed E-state index contributed by atoms with van der Waals surface area (Å²) < 4.78 is 19.0. The van der Waals surface area contributed by atoms with E-state index in [0.717, 1.165) is 13.1 Å². The van der Waals surface area contributed by atoms with Crippen molar-refractivity contribution in [1.82, 2.24) is 4.90 Å². The molecule has 2 rings (SSSR count). The van der Waals surface area contributed by atoms with Gasteiger partial charge in [0, 0.05) is 38.9 Å². The molecule has 1 fully saturated rings. The SMILES string of the molecule is COCC[C@@]1(O)CCN(Cc2cccc(Cl)c2F)C[C@@H]1C. The molecule has 0 saturated carbocycles. The molecule has 0 amide bonds. The Morgan fingerprint density at radius 3 is 2.95 bits per heavy atom. The molecule has 5 heteroatoms. The van der Waals surface area contributed by atoms with Crippen LogP contribution in [0.3, 0.4) is 0 Å². The normalized spacial score (nSPS) is 27.0. The molecule has 1 aliphatic rings. The fourth-order valence-corrected chi connectivity index (χ4v) is 3.15. The zero-order valence-electron chi connectivity index (χ0n) is 12.6. The summed E-state index contributed by atoms with van der Waals surface area (Å²) in [7, 11) is 1.64. The Labute approximate surface area is 130 Å². The van der Waals surface area contributed by atoms with Crippen LogP contribution >= 0.6 is 11.6 Å². The minimum absolute atomic E-state index is 0.128. The van der Waals surface area contributed by atoms with Gasteiger partial charge in [0.15, 0.2) is 0 Å². The van der Waals surface area contributed by atoms with Crippen LogP contribution in [0.1, 0.15) is 25.3 Å². The quantitative estimate of drug-likeness (QED) is 0.906. The summed E-state index contributed by atoms with van der Waals surface area (Å²) in [5.41, 5.74) is -0.0728. The van der Waals surface area contributed by atoms with E-state index < -0.39 is 5.60 Å². The number of hydrogen-bond acceptors (Lipinski definition) is 3. The van der Waals surface area contributed by atoms with Crippen LogP contribution in [0.15, 0.2) is 18.2 Å². The molecule has 0 aromatic heterocycles. The third-order valence-corrected chi connectivity index (χ3v) is 4.77. The highest BCUT2D eigenvalue weighted by atomic mass is 35.5. The number of benzene rings is 1. The van der Waals surface area contributed by atoms with Crippen molar-refractivity contribution in [3.8, 4) is 0 Å². The topological polar surface area (TPSA) is 32.7 Å². The average molecular weight is 316 g/mol. The number of aliphatic hydroxyl groups is 1. The predicted octanol–water partition coefficient (Wildman–Crippen LogP) is 3.09. The molecule has 1 saturated heterocycles. The molecule has 1 aromatic rings. The molecule has 1 heterocycles. The van der Waals surface area contributed by atoms with Gasteiger partial charge in [0.2, 0.25) is 0 Å². The van der Waals surface area contributed by atoms with Gasteiger partial charge in [-0.3, -0.25) is 4.90 Å². The lowest BCUT2D eigenvalue weighted by molar-refractivity contribution is -0.0828. The monoisotopic (exact) mass is 315 g/mol. The molecule has 1 aromatic carbocycles. The van der Waals surface area contributed by atoms with E-state index in [1.54, 1.807) is 25.3 Å². The molecule has 21 heavy (non-hydrogen) atoms. The van der Waals surface area contributed by atoms with Crippen LogP contribution in [0.25, 0.3) is 0 Å². The van der Waals surface area contributed by atoms with Crippen molar-refractivity contribution in [2.75, 3.05) is 26.8 Å². The molecule has 0 bridgehead atoms. The number of methoxy groups -OCH3 is 1. The summed E-state index contributed by atoms with van der Waals surface area (Å²) in [6, 6.07) is 5.09. The second-order valence-electron chi connectivity index (χ2n) is 5.95. The van der Waals surface area contributed by atoms with E-state index in [9.17, 15) is 9.50 Å². The summed E-state index contributed by atoms with van der Waals surface area (Å²) >= 11 is 5.82. The van der Waals surface area contributed by atoms with E-state index in [1.165, 1.54) is 0 Å². The second-order valence-corrected chi connectivity index (χ2v) is 6.35. The van der Waals surface area contributed by atoms with E-state index >= 15 is 0 Å². The van der Waals surface area contributed by atoms with Crippen molar-refractivity contribution in [1.29, 1.82) is 0 Å². The molecule has 0 aliphatic carbocycles. The number of hydrogen-bond donors (Lipinski definition) is 1. The Hall–Kier alpha value is -0.680. The maximum absolute atomic E-state index is 13.9. The van der Waals surface area contributed by atoms with Gasteiger partial charge in [-0.1, -0.05) is 30.7 Å². The van der Waals surface area contributed by atoms with Crippen LogP contribution in [0, 0.1) is 11.7 Å². The highest BCUT2D eigenvalue weighted by Crippen LogP contribution is 2.32. The number of nitrogens with zero attached hydrogens (tertiary/aromatic N) is 1. The smallest absolute Gasteiger partial charge is 0.146 e. The molecule has 1 aliphatic heterocycles. The van der Waals surface area contributed by atoms with Crippen LogP contribution in [-0.4, -0.2) is 42.4 Å².